The van der Waals surface area contributed by atoms with Gasteiger partial charge in [-0.25, -0.2) is 4.79 Å². The van der Waals surface area contributed by atoms with Crippen molar-refractivity contribution in [1.29, 1.82) is 0 Å². The zero-order chi connectivity index (χ0) is 18.3. The zero-order valence-corrected chi connectivity index (χ0v) is 15.3. The van der Waals surface area contributed by atoms with Gasteiger partial charge >= 0.3 is 6.09 Å². The van der Waals surface area contributed by atoms with Gasteiger partial charge in [0.05, 0.1) is 6.61 Å². The van der Waals surface area contributed by atoms with Crippen LogP contribution in [0.15, 0.2) is 30.3 Å². The van der Waals surface area contributed by atoms with Gasteiger partial charge in [0.1, 0.15) is 0 Å². The molecule has 0 aliphatic rings. The first-order valence-electron chi connectivity index (χ1n) is 8.40. The summed E-state index contributed by atoms with van der Waals surface area (Å²) < 4.78 is 5.26. The van der Waals surface area contributed by atoms with E-state index in [1.807, 2.05) is 51.1 Å². The predicted octanol–water partition coefficient (Wildman–Crippen LogP) is 3.12. The number of aryl methyl sites for hydroxylation is 1. The van der Waals surface area contributed by atoms with Crippen LogP contribution < -0.4 is 0 Å². The summed E-state index contributed by atoms with van der Waals surface area (Å²) in [5.74, 6) is 1.11. The van der Waals surface area contributed by atoms with Crippen LogP contribution in [0.4, 0.5) is 4.79 Å². The maximum absolute atomic E-state index is 11.9. The van der Waals surface area contributed by atoms with E-state index in [2.05, 4.69) is 20.4 Å². The summed E-state index contributed by atoms with van der Waals surface area (Å²) >= 11 is 0. The number of amides is 1. The molecule has 7 heteroatoms. The largest absolute Gasteiger partial charge is 0.449 e. The number of hydrogen-bond donors (Lipinski definition) is 0. The van der Waals surface area contributed by atoms with Crippen molar-refractivity contribution in [2.24, 2.45) is 0 Å². The molecule has 25 heavy (non-hydrogen) atoms. The molecular formula is C18H25N5O2. The molecule has 1 aromatic carbocycles. The summed E-state index contributed by atoms with van der Waals surface area (Å²) in [6, 6.07) is 9.61. The van der Waals surface area contributed by atoms with Crippen LogP contribution in [-0.4, -0.2) is 50.6 Å². The summed E-state index contributed by atoms with van der Waals surface area (Å²) in [4.78, 5) is 13.4. The van der Waals surface area contributed by atoms with Crippen molar-refractivity contribution < 1.29 is 9.53 Å². The maximum Gasteiger partial charge on any atom is 0.409 e. The number of benzene rings is 1. The number of rotatable bonds is 6. The third-order valence-corrected chi connectivity index (χ3v) is 3.85. The first-order chi connectivity index (χ1) is 11.9. The van der Waals surface area contributed by atoms with E-state index in [0.29, 0.717) is 24.7 Å². The second-order valence-electron chi connectivity index (χ2n) is 6.81. The second-order valence-corrected chi connectivity index (χ2v) is 6.81. The fourth-order valence-corrected chi connectivity index (χ4v) is 1.97. The lowest BCUT2D eigenvalue weighted by molar-refractivity contribution is 0.0800. The molecule has 0 aliphatic heterocycles. The van der Waals surface area contributed by atoms with Crippen molar-refractivity contribution in [2.75, 3.05) is 13.7 Å². The Hall–Kier alpha value is -2.57. The first kappa shape index (κ1) is 18.8. The Labute approximate surface area is 148 Å². The summed E-state index contributed by atoms with van der Waals surface area (Å²) in [6.07, 6.45) is 1.90. The molecule has 0 bridgehead atoms. The summed E-state index contributed by atoms with van der Waals surface area (Å²) in [5.41, 5.74) is 0.645. The van der Waals surface area contributed by atoms with Crippen LogP contribution in [0.1, 0.15) is 39.4 Å². The van der Waals surface area contributed by atoms with Crippen molar-refractivity contribution in [3.63, 3.8) is 0 Å². The van der Waals surface area contributed by atoms with E-state index in [4.69, 9.17) is 4.74 Å². The Morgan fingerprint density at radius 3 is 2.28 bits per heavy atom. The van der Waals surface area contributed by atoms with Gasteiger partial charge in [-0.05, 0) is 33.6 Å². The average Bonchev–Trinajstić information content (AvgIpc) is 2.61. The van der Waals surface area contributed by atoms with Crippen LogP contribution in [0.25, 0.3) is 11.4 Å². The van der Waals surface area contributed by atoms with E-state index < -0.39 is 0 Å². The summed E-state index contributed by atoms with van der Waals surface area (Å²) in [5, 5.41) is 16.4. The maximum atomic E-state index is 11.9. The lowest BCUT2D eigenvalue weighted by Gasteiger charge is -2.30. The highest BCUT2D eigenvalue weighted by Gasteiger charge is 2.23. The fourth-order valence-electron chi connectivity index (χ4n) is 1.97. The molecule has 1 heterocycles. The van der Waals surface area contributed by atoms with Gasteiger partial charge in [0.2, 0.25) is 5.82 Å². The number of carbonyl (C=O) groups is 1. The molecule has 0 unspecified atom stereocenters. The minimum Gasteiger partial charge on any atom is -0.449 e. The number of carbonyl (C=O) groups excluding carboxylic acids is 1. The molecule has 1 amide bonds. The van der Waals surface area contributed by atoms with Crippen LogP contribution in [-0.2, 0) is 11.2 Å². The van der Waals surface area contributed by atoms with Gasteiger partial charge in [-0.3, -0.25) is 0 Å². The second kappa shape index (κ2) is 8.50. The number of ether oxygens (including phenoxy) is 1. The molecule has 1 aromatic heterocycles. The molecule has 0 atom stereocenters. The van der Waals surface area contributed by atoms with Crippen molar-refractivity contribution in [2.45, 2.75) is 45.6 Å². The number of nitrogens with zero attached hydrogens (tertiary/aromatic N) is 5. The van der Waals surface area contributed by atoms with Crippen LogP contribution in [0.2, 0.25) is 0 Å². The van der Waals surface area contributed by atoms with E-state index in [0.717, 1.165) is 18.4 Å². The lowest BCUT2D eigenvalue weighted by Crippen LogP contribution is -2.42. The van der Waals surface area contributed by atoms with E-state index in [1.165, 1.54) is 0 Å². The molecule has 0 radical (unpaired) electrons. The van der Waals surface area contributed by atoms with Crippen molar-refractivity contribution in [3.05, 3.63) is 36.2 Å². The van der Waals surface area contributed by atoms with Crippen LogP contribution >= 0.6 is 0 Å². The molecule has 2 aromatic rings. The molecule has 0 N–H and O–H groups in total. The molecular weight excluding hydrogens is 318 g/mol. The quantitative estimate of drug-likeness (QED) is 0.750. The van der Waals surface area contributed by atoms with Crippen molar-refractivity contribution in [1.82, 2.24) is 25.3 Å². The normalized spacial score (nSPS) is 11.2. The monoisotopic (exact) mass is 343 g/mol. The van der Waals surface area contributed by atoms with E-state index in [-0.39, 0.29) is 11.6 Å². The third kappa shape index (κ3) is 5.77. The van der Waals surface area contributed by atoms with Gasteiger partial charge in [0, 0.05) is 24.6 Å². The topological polar surface area (TPSA) is 81.1 Å². The molecule has 0 fully saturated rings. The van der Waals surface area contributed by atoms with Crippen molar-refractivity contribution in [3.8, 4) is 11.4 Å². The SMILES string of the molecule is CN(C(=O)OCCCCc1nnc(-c2ccccc2)nn1)C(C)(C)C. The molecule has 0 saturated carbocycles. The Bertz CT molecular complexity index is 668. The van der Waals surface area contributed by atoms with Gasteiger partial charge < -0.3 is 9.64 Å². The molecule has 0 saturated heterocycles. The van der Waals surface area contributed by atoms with Gasteiger partial charge in [0.15, 0.2) is 5.82 Å². The Morgan fingerprint density at radius 2 is 1.68 bits per heavy atom. The van der Waals surface area contributed by atoms with Gasteiger partial charge in [-0.2, -0.15) is 0 Å². The minimum absolute atomic E-state index is 0.247. The number of hydrogen-bond acceptors (Lipinski definition) is 6. The van der Waals surface area contributed by atoms with Gasteiger partial charge in [-0.1, -0.05) is 30.3 Å². The summed E-state index contributed by atoms with van der Waals surface area (Å²) in [7, 11) is 1.74. The third-order valence-electron chi connectivity index (χ3n) is 3.85. The first-order valence-corrected chi connectivity index (χ1v) is 8.40. The van der Waals surface area contributed by atoms with Crippen LogP contribution in [0.5, 0.6) is 0 Å². The Kier molecular flexibility index (Phi) is 6.38. The highest BCUT2D eigenvalue weighted by Crippen LogP contribution is 2.13. The zero-order valence-electron chi connectivity index (χ0n) is 15.3. The van der Waals surface area contributed by atoms with Crippen LogP contribution in [0, 0.1) is 0 Å². The summed E-state index contributed by atoms with van der Waals surface area (Å²) in [6.45, 7) is 6.27. The van der Waals surface area contributed by atoms with Gasteiger partial charge in [0.25, 0.3) is 0 Å². The highest BCUT2D eigenvalue weighted by atomic mass is 16.6. The highest BCUT2D eigenvalue weighted by molar-refractivity contribution is 5.68. The van der Waals surface area contributed by atoms with Crippen LogP contribution in [0.3, 0.4) is 0 Å². The van der Waals surface area contributed by atoms with Gasteiger partial charge in [-0.15, -0.1) is 20.4 Å². The smallest absolute Gasteiger partial charge is 0.409 e. The number of unbranched alkanes of at least 4 members (excludes halogenated alkanes) is 1. The van der Waals surface area contributed by atoms with E-state index in [1.54, 1.807) is 11.9 Å². The Morgan fingerprint density at radius 1 is 1.04 bits per heavy atom. The molecule has 0 aliphatic carbocycles. The van der Waals surface area contributed by atoms with Crippen molar-refractivity contribution >= 4 is 6.09 Å². The fraction of sp³-hybridized carbons (Fsp3) is 0.500. The molecule has 7 nitrogen and oxygen atoms in total. The van der Waals surface area contributed by atoms with E-state index in [9.17, 15) is 4.79 Å². The Balaban J connectivity index is 1.71. The minimum atomic E-state index is -0.306. The average molecular weight is 343 g/mol. The predicted molar refractivity (Wildman–Crippen MR) is 94.9 cm³/mol. The molecule has 2 rings (SSSR count). The van der Waals surface area contributed by atoms with E-state index >= 15 is 0 Å². The lowest BCUT2D eigenvalue weighted by atomic mass is 10.1. The molecule has 134 valence electrons. The molecule has 0 spiro atoms. The standard InChI is InChI=1S/C18H25N5O2/c1-18(2,3)23(4)17(24)25-13-9-8-12-15-19-21-16(22-20-15)14-10-6-5-7-11-14/h5-7,10-11H,8-9,12-13H2,1-4H3. The number of aromatic nitrogens is 4.